The Morgan fingerprint density at radius 3 is 2.29 bits per heavy atom. The molecule has 0 spiro atoms. The lowest BCUT2D eigenvalue weighted by Crippen LogP contribution is -2.51. The van der Waals surface area contributed by atoms with Gasteiger partial charge in [0, 0.05) is 44.1 Å². The molecule has 1 aromatic carbocycles. The van der Waals surface area contributed by atoms with Gasteiger partial charge in [0.25, 0.3) is 11.5 Å². The van der Waals surface area contributed by atoms with E-state index in [1.165, 1.54) is 36.4 Å². The number of piperazine rings is 1. The van der Waals surface area contributed by atoms with Gasteiger partial charge in [-0.3, -0.25) is 19.4 Å². The van der Waals surface area contributed by atoms with E-state index in [-0.39, 0.29) is 23.9 Å². The molecule has 2 amide bonds. The first-order valence-electron chi connectivity index (χ1n) is 9.84. The van der Waals surface area contributed by atoms with Crippen LogP contribution in [0.3, 0.4) is 0 Å². The number of nitrogens with zero attached hydrogens (tertiary/aromatic N) is 5. The maximum atomic E-state index is 13.2. The number of hydrogen-bond donors (Lipinski definition) is 0. The predicted octanol–water partition coefficient (Wildman–Crippen LogP) is 1.29. The van der Waals surface area contributed by atoms with Crippen LogP contribution >= 0.6 is 0 Å². The summed E-state index contributed by atoms with van der Waals surface area (Å²) in [6.45, 7) is 1.55. The second-order valence-electron chi connectivity index (χ2n) is 7.12. The molecule has 3 aromatic rings. The normalized spacial score (nSPS) is 13.8. The highest BCUT2D eigenvalue weighted by atomic mass is 19.1. The molecule has 4 rings (SSSR count). The Morgan fingerprint density at radius 2 is 1.61 bits per heavy atom. The molecule has 0 N–H and O–H groups in total. The van der Waals surface area contributed by atoms with Crippen LogP contribution in [0, 0.1) is 5.82 Å². The summed E-state index contributed by atoms with van der Waals surface area (Å²) < 4.78 is 14.2. The van der Waals surface area contributed by atoms with Crippen molar-refractivity contribution in [3.63, 3.8) is 0 Å². The third-order valence-corrected chi connectivity index (χ3v) is 5.07. The summed E-state index contributed by atoms with van der Waals surface area (Å²) in [6, 6.07) is 13.4. The van der Waals surface area contributed by atoms with Crippen LogP contribution in [0.5, 0.6) is 0 Å². The molecule has 0 bridgehead atoms. The standard InChI is InChI=1S/C22H20FN5O3/c23-16-4-6-18(7-5-16)28-20(29)9-8-19(25-28)22(31)27-13-11-26(12-14-27)21(30)15-17-3-1-2-10-24-17/h1-10H,11-15H2. The highest BCUT2D eigenvalue weighted by Gasteiger charge is 2.26. The van der Waals surface area contributed by atoms with Gasteiger partial charge in [-0.1, -0.05) is 6.07 Å². The van der Waals surface area contributed by atoms with Crippen LogP contribution in [0.4, 0.5) is 4.39 Å². The molecule has 158 valence electrons. The highest BCUT2D eigenvalue weighted by Crippen LogP contribution is 2.10. The SMILES string of the molecule is O=C(Cc1ccccn1)N1CCN(C(=O)c2ccc(=O)n(-c3ccc(F)cc3)n2)CC1. The average Bonchev–Trinajstić information content (AvgIpc) is 2.80. The van der Waals surface area contributed by atoms with E-state index in [2.05, 4.69) is 10.1 Å². The Kier molecular flexibility index (Phi) is 5.83. The molecule has 2 aromatic heterocycles. The topological polar surface area (TPSA) is 88.4 Å². The molecule has 0 aliphatic carbocycles. The molecule has 8 nitrogen and oxygen atoms in total. The summed E-state index contributed by atoms with van der Waals surface area (Å²) in [7, 11) is 0. The number of rotatable bonds is 4. The lowest BCUT2D eigenvalue weighted by molar-refractivity contribution is -0.132. The first kappa shape index (κ1) is 20.4. The van der Waals surface area contributed by atoms with E-state index >= 15 is 0 Å². The van der Waals surface area contributed by atoms with Crippen LogP contribution in [-0.2, 0) is 11.2 Å². The lowest BCUT2D eigenvalue weighted by Gasteiger charge is -2.34. The fourth-order valence-corrected chi connectivity index (χ4v) is 3.38. The van der Waals surface area contributed by atoms with Crippen LogP contribution in [0.2, 0.25) is 0 Å². The molecule has 3 heterocycles. The number of hydrogen-bond acceptors (Lipinski definition) is 5. The maximum Gasteiger partial charge on any atom is 0.274 e. The van der Waals surface area contributed by atoms with Crippen molar-refractivity contribution in [2.75, 3.05) is 26.2 Å². The molecule has 0 unspecified atom stereocenters. The van der Waals surface area contributed by atoms with E-state index in [4.69, 9.17) is 0 Å². The van der Waals surface area contributed by atoms with Gasteiger partial charge in [0.2, 0.25) is 5.91 Å². The van der Waals surface area contributed by atoms with Crippen LogP contribution < -0.4 is 5.56 Å². The number of benzene rings is 1. The van der Waals surface area contributed by atoms with Gasteiger partial charge in [0.05, 0.1) is 12.1 Å². The van der Waals surface area contributed by atoms with Gasteiger partial charge in [0.15, 0.2) is 0 Å². The number of aromatic nitrogens is 3. The zero-order chi connectivity index (χ0) is 21.8. The van der Waals surface area contributed by atoms with Gasteiger partial charge in [-0.15, -0.1) is 0 Å². The largest absolute Gasteiger partial charge is 0.339 e. The molecule has 0 radical (unpaired) electrons. The minimum Gasteiger partial charge on any atom is -0.339 e. The van der Waals surface area contributed by atoms with Crippen LogP contribution in [-0.4, -0.2) is 62.6 Å². The van der Waals surface area contributed by atoms with Gasteiger partial charge in [-0.05, 0) is 42.5 Å². The van der Waals surface area contributed by atoms with E-state index in [9.17, 15) is 18.8 Å². The summed E-state index contributed by atoms with van der Waals surface area (Å²) in [4.78, 5) is 45.0. The van der Waals surface area contributed by atoms with Gasteiger partial charge in [0.1, 0.15) is 11.5 Å². The fourth-order valence-electron chi connectivity index (χ4n) is 3.38. The summed E-state index contributed by atoms with van der Waals surface area (Å²) in [5.74, 6) is -0.791. The molecule has 31 heavy (non-hydrogen) atoms. The first-order chi connectivity index (χ1) is 15.0. The van der Waals surface area contributed by atoms with E-state index in [1.54, 1.807) is 28.1 Å². The second-order valence-corrected chi connectivity index (χ2v) is 7.12. The van der Waals surface area contributed by atoms with Crippen LogP contribution in [0.1, 0.15) is 16.2 Å². The Hall–Kier alpha value is -3.88. The molecule has 9 heteroatoms. The number of pyridine rings is 1. The zero-order valence-corrected chi connectivity index (χ0v) is 16.6. The van der Waals surface area contributed by atoms with Crippen LogP contribution in [0.25, 0.3) is 5.69 Å². The van der Waals surface area contributed by atoms with Gasteiger partial charge in [-0.2, -0.15) is 9.78 Å². The van der Waals surface area contributed by atoms with E-state index in [0.717, 1.165) is 4.68 Å². The van der Waals surface area contributed by atoms with Crippen LogP contribution in [0.15, 0.2) is 65.6 Å². The van der Waals surface area contributed by atoms with E-state index < -0.39 is 11.4 Å². The minimum atomic E-state index is -0.431. The lowest BCUT2D eigenvalue weighted by atomic mass is 10.2. The van der Waals surface area contributed by atoms with Gasteiger partial charge >= 0.3 is 0 Å². The predicted molar refractivity (Wildman–Crippen MR) is 110 cm³/mol. The zero-order valence-electron chi connectivity index (χ0n) is 16.6. The molecule has 1 fully saturated rings. The third kappa shape index (κ3) is 4.66. The van der Waals surface area contributed by atoms with Crippen molar-refractivity contribution in [2.45, 2.75) is 6.42 Å². The molecular weight excluding hydrogens is 401 g/mol. The molecule has 1 aliphatic heterocycles. The smallest absolute Gasteiger partial charge is 0.274 e. The number of carbonyl (C=O) groups excluding carboxylic acids is 2. The third-order valence-electron chi connectivity index (χ3n) is 5.07. The minimum absolute atomic E-state index is 0.0335. The quantitative estimate of drug-likeness (QED) is 0.634. The Bertz CT molecular complexity index is 1140. The summed E-state index contributed by atoms with van der Waals surface area (Å²) >= 11 is 0. The number of carbonyl (C=O) groups is 2. The van der Waals surface area contributed by atoms with Gasteiger partial charge < -0.3 is 9.80 Å². The Labute approximate surface area is 177 Å². The fraction of sp³-hybridized carbons (Fsp3) is 0.227. The number of halogens is 1. The highest BCUT2D eigenvalue weighted by molar-refractivity contribution is 5.92. The summed E-state index contributed by atoms with van der Waals surface area (Å²) in [6.07, 6.45) is 1.87. The van der Waals surface area contributed by atoms with Gasteiger partial charge in [-0.25, -0.2) is 4.39 Å². The maximum absolute atomic E-state index is 13.2. The molecule has 1 aliphatic rings. The molecule has 0 atom stereocenters. The Balaban J connectivity index is 1.42. The van der Waals surface area contributed by atoms with Crippen molar-refractivity contribution in [1.29, 1.82) is 0 Å². The summed E-state index contributed by atoms with van der Waals surface area (Å²) in [5.41, 5.74) is 0.759. The molecule has 0 saturated carbocycles. The second kappa shape index (κ2) is 8.86. The van der Waals surface area contributed by atoms with Crippen molar-refractivity contribution in [2.24, 2.45) is 0 Å². The number of amides is 2. The van der Waals surface area contributed by atoms with Crippen molar-refractivity contribution in [1.82, 2.24) is 24.6 Å². The van der Waals surface area contributed by atoms with E-state index in [1.807, 2.05) is 6.07 Å². The Morgan fingerprint density at radius 1 is 0.903 bits per heavy atom. The van der Waals surface area contributed by atoms with Crippen molar-refractivity contribution in [3.05, 3.63) is 88.4 Å². The van der Waals surface area contributed by atoms with E-state index in [0.29, 0.717) is 37.6 Å². The van der Waals surface area contributed by atoms with Crippen molar-refractivity contribution < 1.29 is 14.0 Å². The van der Waals surface area contributed by atoms with Crippen molar-refractivity contribution >= 4 is 11.8 Å². The average molecular weight is 421 g/mol. The molecule has 1 saturated heterocycles. The first-order valence-corrected chi connectivity index (χ1v) is 9.84. The summed E-state index contributed by atoms with van der Waals surface area (Å²) in [5, 5.41) is 4.16. The van der Waals surface area contributed by atoms with Crippen molar-refractivity contribution in [3.8, 4) is 5.69 Å². The molecular formula is C22H20FN5O3. The monoisotopic (exact) mass is 421 g/mol.